The number of pyridine rings is 1. The lowest BCUT2D eigenvalue weighted by Crippen LogP contribution is -2.17. The predicted molar refractivity (Wildman–Crippen MR) is 84.9 cm³/mol. The third-order valence-electron chi connectivity index (χ3n) is 2.91. The quantitative estimate of drug-likeness (QED) is 0.783. The maximum atomic E-state index is 5.67. The molecule has 106 valence electrons. The Balaban J connectivity index is 1.62. The smallest absolute Gasteiger partial charge is 0.216 e. The lowest BCUT2D eigenvalue weighted by Gasteiger charge is -2.08. The average Bonchev–Trinajstić information content (AvgIpc) is 2.46. The minimum Gasteiger partial charge on any atom is -0.477 e. The molecule has 0 saturated carbocycles. The minimum absolute atomic E-state index is 0.678. The molecule has 0 aliphatic heterocycles. The highest BCUT2D eigenvalue weighted by molar-refractivity contribution is 9.10. The summed E-state index contributed by atoms with van der Waals surface area (Å²) >= 11 is 3.39. The van der Waals surface area contributed by atoms with Gasteiger partial charge in [-0.3, -0.25) is 0 Å². The zero-order chi connectivity index (χ0) is 14.2. The van der Waals surface area contributed by atoms with Gasteiger partial charge in [0.25, 0.3) is 0 Å². The number of halogens is 1. The van der Waals surface area contributed by atoms with E-state index in [0.717, 1.165) is 35.4 Å². The number of nitrogens with zero attached hydrogens (tertiary/aromatic N) is 1. The first-order chi connectivity index (χ1) is 9.75. The van der Waals surface area contributed by atoms with Crippen molar-refractivity contribution in [3.63, 3.8) is 0 Å². The van der Waals surface area contributed by atoms with Crippen LogP contribution in [0, 0.1) is 6.92 Å². The molecule has 2 rings (SSSR count). The van der Waals surface area contributed by atoms with Crippen molar-refractivity contribution in [2.45, 2.75) is 19.9 Å². The molecule has 0 aliphatic carbocycles. The van der Waals surface area contributed by atoms with Gasteiger partial charge in [-0.25, -0.2) is 4.98 Å². The van der Waals surface area contributed by atoms with Crippen molar-refractivity contribution >= 4 is 15.9 Å². The third kappa shape index (κ3) is 4.94. The molecule has 1 aromatic carbocycles. The molecule has 1 aromatic heterocycles. The first kappa shape index (κ1) is 15.0. The molecule has 1 heterocycles. The van der Waals surface area contributed by atoms with Gasteiger partial charge in [0, 0.05) is 22.8 Å². The molecule has 20 heavy (non-hydrogen) atoms. The van der Waals surface area contributed by atoms with Crippen LogP contribution in [0.2, 0.25) is 0 Å². The fraction of sp³-hybridized carbons (Fsp3) is 0.312. The zero-order valence-corrected chi connectivity index (χ0v) is 13.2. The first-order valence-electron chi connectivity index (χ1n) is 6.75. The van der Waals surface area contributed by atoms with Crippen LogP contribution in [-0.2, 0) is 6.54 Å². The van der Waals surface area contributed by atoms with Crippen LogP contribution in [0.15, 0.2) is 47.1 Å². The minimum atomic E-state index is 0.678. The maximum absolute atomic E-state index is 5.67. The summed E-state index contributed by atoms with van der Waals surface area (Å²) in [6.07, 6.45) is 2.72. The van der Waals surface area contributed by atoms with Crippen LogP contribution < -0.4 is 10.1 Å². The van der Waals surface area contributed by atoms with E-state index >= 15 is 0 Å². The van der Waals surface area contributed by atoms with E-state index in [1.54, 1.807) is 6.20 Å². The zero-order valence-electron chi connectivity index (χ0n) is 11.6. The Kier molecular flexibility index (Phi) is 6.02. The molecule has 0 amide bonds. The number of nitrogens with one attached hydrogen (secondary N) is 1. The predicted octanol–water partition coefficient (Wildman–Crippen LogP) is 3.71. The summed E-state index contributed by atoms with van der Waals surface area (Å²) in [5, 5.41) is 3.40. The van der Waals surface area contributed by atoms with Gasteiger partial charge in [0.1, 0.15) is 0 Å². The van der Waals surface area contributed by atoms with E-state index < -0.39 is 0 Å². The number of aryl methyl sites for hydroxylation is 1. The second-order valence-corrected chi connectivity index (χ2v) is 5.56. The second kappa shape index (κ2) is 8.02. The van der Waals surface area contributed by atoms with Crippen molar-refractivity contribution in [1.82, 2.24) is 10.3 Å². The summed E-state index contributed by atoms with van der Waals surface area (Å²) < 4.78 is 6.65. The van der Waals surface area contributed by atoms with Gasteiger partial charge in [-0.05, 0) is 47.4 Å². The normalized spacial score (nSPS) is 10.5. The van der Waals surface area contributed by atoms with E-state index in [0.29, 0.717) is 6.61 Å². The summed E-state index contributed by atoms with van der Waals surface area (Å²) in [4.78, 5) is 4.25. The number of rotatable bonds is 7. The number of benzene rings is 1. The summed E-state index contributed by atoms with van der Waals surface area (Å²) in [6.45, 7) is 4.51. The van der Waals surface area contributed by atoms with E-state index in [9.17, 15) is 0 Å². The van der Waals surface area contributed by atoms with Gasteiger partial charge in [-0.2, -0.15) is 0 Å². The average molecular weight is 335 g/mol. The molecule has 0 unspecified atom stereocenters. The Morgan fingerprint density at radius 1 is 1.25 bits per heavy atom. The lowest BCUT2D eigenvalue weighted by atomic mass is 10.2. The van der Waals surface area contributed by atoms with Crippen molar-refractivity contribution in [2.75, 3.05) is 13.2 Å². The molecule has 0 radical (unpaired) electrons. The summed E-state index contributed by atoms with van der Waals surface area (Å²) in [6, 6.07) is 12.4. The molecule has 2 aromatic rings. The largest absolute Gasteiger partial charge is 0.477 e. The van der Waals surface area contributed by atoms with E-state index in [-0.39, 0.29) is 0 Å². The van der Waals surface area contributed by atoms with Crippen LogP contribution >= 0.6 is 15.9 Å². The van der Waals surface area contributed by atoms with Crippen molar-refractivity contribution in [2.24, 2.45) is 0 Å². The van der Waals surface area contributed by atoms with Crippen LogP contribution in [-0.4, -0.2) is 18.1 Å². The van der Waals surface area contributed by atoms with Gasteiger partial charge >= 0.3 is 0 Å². The Morgan fingerprint density at radius 3 is 2.80 bits per heavy atom. The van der Waals surface area contributed by atoms with Gasteiger partial charge in [0.05, 0.1) is 6.61 Å². The van der Waals surface area contributed by atoms with E-state index in [4.69, 9.17) is 4.74 Å². The molecule has 4 heteroatoms. The van der Waals surface area contributed by atoms with Crippen molar-refractivity contribution in [3.8, 4) is 5.88 Å². The number of ether oxygens (including phenoxy) is 1. The van der Waals surface area contributed by atoms with Crippen molar-refractivity contribution in [1.29, 1.82) is 0 Å². The monoisotopic (exact) mass is 334 g/mol. The highest BCUT2D eigenvalue weighted by Crippen LogP contribution is 2.18. The third-order valence-corrected chi connectivity index (χ3v) is 3.34. The molecular formula is C16H19BrN2O. The molecule has 3 nitrogen and oxygen atoms in total. The summed E-state index contributed by atoms with van der Waals surface area (Å²) in [5.41, 5.74) is 2.36. The Bertz CT molecular complexity index is 531. The van der Waals surface area contributed by atoms with Gasteiger partial charge in [0.2, 0.25) is 5.88 Å². The molecule has 0 atom stereocenters. The first-order valence-corrected chi connectivity index (χ1v) is 7.54. The Morgan fingerprint density at radius 2 is 2.05 bits per heavy atom. The van der Waals surface area contributed by atoms with Crippen LogP contribution in [0.25, 0.3) is 0 Å². The molecular weight excluding hydrogens is 316 g/mol. The second-order valence-electron chi connectivity index (χ2n) is 4.64. The van der Waals surface area contributed by atoms with Crippen LogP contribution in [0.4, 0.5) is 0 Å². The molecule has 0 saturated heterocycles. The Labute approximate surface area is 128 Å². The molecule has 0 spiro atoms. The standard InChI is InChI=1S/C16H19BrN2O/c1-13-10-15(17)12-19-16(13)20-9-5-8-18-11-14-6-3-2-4-7-14/h2-4,6-7,10,12,18H,5,8-9,11H2,1H3. The van der Waals surface area contributed by atoms with E-state index in [2.05, 4.69) is 50.5 Å². The van der Waals surface area contributed by atoms with Gasteiger partial charge in [0.15, 0.2) is 0 Å². The van der Waals surface area contributed by atoms with Crippen LogP contribution in [0.3, 0.4) is 0 Å². The summed E-state index contributed by atoms with van der Waals surface area (Å²) in [5.74, 6) is 0.719. The van der Waals surface area contributed by atoms with Gasteiger partial charge in [-0.1, -0.05) is 30.3 Å². The molecule has 1 N–H and O–H groups in total. The lowest BCUT2D eigenvalue weighted by molar-refractivity contribution is 0.294. The van der Waals surface area contributed by atoms with Crippen molar-refractivity contribution < 1.29 is 4.74 Å². The number of hydrogen-bond donors (Lipinski definition) is 1. The van der Waals surface area contributed by atoms with E-state index in [1.165, 1.54) is 5.56 Å². The topological polar surface area (TPSA) is 34.1 Å². The molecule has 0 aliphatic rings. The fourth-order valence-corrected chi connectivity index (χ4v) is 2.32. The fourth-order valence-electron chi connectivity index (χ4n) is 1.87. The number of hydrogen-bond acceptors (Lipinski definition) is 3. The highest BCUT2D eigenvalue weighted by Gasteiger charge is 2.01. The highest BCUT2D eigenvalue weighted by atomic mass is 79.9. The maximum Gasteiger partial charge on any atom is 0.216 e. The Hall–Kier alpha value is -1.39. The SMILES string of the molecule is Cc1cc(Br)cnc1OCCCNCc1ccccc1. The van der Waals surface area contributed by atoms with Gasteiger partial charge < -0.3 is 10.1 Å². The van der Waals surface area contributed by atoms with Crippen LogP contribution in [0.1, 0.15) is 17.5 Å². The number of aromatic nitrogens is 1. The van der Waals surface area contributed by atoms with Crippen LogP contribution in [0.5, 0.6) is 5.88 Å². The van der Waals surface area contributed by atoms with Crippen molar-refractivity contribution in [3.05, 3.63) is 58.2 Å². The van der Waals surface area contributed by atoms with Gasteiger partial charge in [-0.15, -0.1) is 0 Å². The molecule has 0 fully saturated rings. The molecule has 0 bridgehead atoms. The summed E-state index contributed by atoms with van der Waals surface area (Å²) in [7, 11) is 0. The van der Waals surface area contributed by atoms with E-state index in [1.807, 2.05) is 19.1 Å².